The number of halogens is 1. The van der Waals surface area contributed by atoms with Crippen molar-refractivity contribution >= 4 is 33.6 Å². The van der Waals surface area contributed by atoms with E-state index >= 15 is 0 Å². The minimum absolute atomic E-state index is 0.128. The molecule has 1 aromatic rings. The lowest BCUT2D eigenvalue weighted by Gasteiger charge is -2.16. The first kappa shape index (κ1) is 11.9. The highest BCUT2D eigenvalue weighted by atomic mass is 79.9. The van der Waals surface area contributed by atoms with Crippen LogP contribution in [0.3, 0.4) is 0 Å². The highest BCUT2D eigenvalue weighted by Gasteiger charge is 2.33. The Bertz CT molecular complexity index is 469. The van der Waals surface area contributed by atoms with Gasteiger partial charge in [-0.05, 0) is 12.1 Å². The van der Waals surface area contributed by atoms with Crippen LogP contribution in [0.15, 0.2) is 22.7 Å². The van der Waals surface area contributed by atoms with E-state index in [0.29, 0.717) is 5.69 Å². The predicted octanol–water partition coefficient (Wildman–Crippen LogP) is 1.43. The molecule has 90 valence electrons. The van der Waals surface area contributed by atoms with Crippen LogP contribution in [0.2, 0.25) is 0 Å². The number of hydrogen-bond donors (Lipinski definition) is 1. The SMILES string of the molecule is CN1CC(=O)N(Cc2c(N)cccc2Br)C1=O. The van der Waals surface area contributed by atoms with Gasteiger partial charge in [0.1, 0.15) is 6.54 Å². The zero-order valence-corrected chi connectivity index (χ0v) is 10.9. The maximum Gasteiger partial charge on any atom is 0.327 e. The van der Waals surface area contributed by atoms with Crippen LogP contribution in [0.5, 0.6) is 0 Å². The Morgan fingerprint density at radius 3 is 2.65 bits per heavy atom. The minimum atomic E-state index is -0.287. The fraction of sp³-hybridized carbons (Fsp3) is 0.273. The lowest BCUT2D eigenvalue weighted by Crippen LogP contribution is -2.31. The number of anilines is 1. The molecule has 2 N–H and O–H groups in total. The van der Waals surface area contributed by atoms with Gasteiger partial charge in [-0.1, -0.05) is 22.0 Å². The lowest BCUT2D eigenvalue weighted by atomic mass is 10.1. The van der Waals surface area contributed by atoms with Gasteiger partial charge < -0.3 is 10.6 Å². The number of amides is 3. The topological polar surface area (TPSA) is 66.6 Å². The van der Waals surface area contributed by atoms with Crippen LogP contribution in [0.4, 0.5) is 10.5 Å². The molecule has 0 unspecified atom stereocenters. The van der Waals surface area contributed by atoms with E-state index in [-0.39, 0.29) is 25.0 Å². The van der Waals surface area contributed by atoms with Crippen LogP contribution in [0, 0.1) is 0 Å². The Hall–Kier alpha value is -1.56. The molecule has 1 fully saturated rings. The summed E-state index contributed by atoms with van der Waals surface area (Å²) in [7, 11) is 1.60. The van der Waals surface area contributed by atoms with E-state index in [0.717, 1.165) is 10.0 Å². The Balaban J connectivity index is 2.27. The summed E-state index contributed by atoms with van der Waals surface area (Å²) in [5.41, 5.74) is 7.15. The summed E-state index contributed by atoms with van der Waals surface area (Å²) in [5, 5.41) is 0. The van der Waals surface area contributed by atoms with Gasteiger partial charge in [-0.15, -0.1) is 0 Å². The first-order valence-electron chi connectivity index (χ1n) is 5.09. The summed E-state index contributed by atoms with van der Waals surface area (Å²) in [6.07, 6.45) is 0. The molecule has 0 spiro atoms. The van der Waals surface area contributed by atoms with Gasteiger partial charge in [0.2, 0.25) is 0 Å². The molecule has 6 heteroatoms. The smallest absolute Gasteiger partial charge is 0.327 e. The first-order valence-corrected chi connectivity index (χ1v) is 5.88. The van der Waals surface area contributed by atoms with E-state index < -0.39 is 0 Å². The summed E-state index contributed by atoms with van der Waals surface area (Å²) in [4.78, 5) is 25.9. The van der Waals surface area contributed by atoms with E-state index in [1.807, 2.05) is 12.1 Å². The van der Waals surface area contributed by atoms with E-state index in [1.165, 1.54) is 9.80 Å². The summed E-state index contributed by atoms with van der Waals surface area (Å²) in [6.45, 7) is 0.332. The third-order valence-corrected chi connectivity index (χ3v) is 3.45. The fourth-order valence-corrected chi connectivity index (χ4v) is 2.23. The van der Waals surface area contributed by atoms with Gasteiger partial charge in [-0.25, -0.2) is 4.79 Å². The maximum absolute atomic E-state index is 11.7. The van der Waals surface area contributed by atoms with E-state index in [4.69, 9.17) is 5.73 Å². The molecular weight excluding hydrogens is 286 g/mol. The number of carbonyl (C=O) groups excluding carboxylic acids is 2. The maximum atomic E-state index is 11.7. The second-order valence-corrected chi connectivity index (χ2v) is 4.78. The van der Waals surface area contributed by atoms with E-state index in [9.17, 15) is 9.59 Å². The standard InChI is InChI=1S/C11H12BrN3O2/c1-14-6-10(16)15(11(14)17)5-7-8(12)3-2-4-9(7)13/h2-4H,5-6,13H2,1H3. The molecule has 0 atom stereocenters. The van der Waals surface area contributed by atoms with Crippen molar-refractivity contribution in [3.63, 3.8) is 0 Å². The Morgan fingerprint density at radius 2 is 2.12 bits per heavy atom. The highest BCUT2D eigenvalue weighted by molar-refractivity contribution is 9.10. The number of benzene rings is 1. The third-order valence-electron chi connectivity index (χ3n) is 2.70. The van der Waals surface area contributed by atoms with Crippen molar-refractivity contribution < 1.29 is 9.59 Å². The molecule has 3 amide bonds. The molecule has 0 bridgehead atoms. The van der Waals surface area contributed by atoms with Crippen molar-refractivity contribution in [2.24, 2.45) is 0 Å². The molecule has 5 nitrogen and oxygen atoms in total. The summed E-state index contributed by atoms with van der Waals surface area (Å²) in [6, 6.07) is 5.10. The van der Waals surface area contributed by atoms with Gasteiger partial charge in [0, 0.05) is 22.8 Å². The van der Waals surface area contributed by atoms with Crippen LogP contribution in [0.1, 0.15) is 5.56 Å². The summed E-state index contributed by atoms with van der Waals surface area (Å²) in [5.74, 6) is -0.201. The number of imide groups is 1. The van der Waals surface area contributed by atoms with Gasteiger partial charge in [-0.3, -0.25) is 9.69 Å². The molecule has 0 aliphatic carbocycles. The predicted molar refractivity (Wildman–Crippen MR) is 67.1 cm³/mol. The molecule has 1 saturated heterocycles. The first-order chi connectivity index (χ1) is 8.00. The number of nitrogen functional groups attached to an aromatic ring is 1. The molecule has 0 saturated carbocycles. The molecule has 0 radical (unpaired) electrons. The van der Waals surface area contributed by atoms with Crippen LogP contribution in [-0.2, 0) is 11.3 Å². The molecule has 2 rings (SSSR count). The normalized spacial score (nSPS) is 15.9. The molecule has 17 heavy (non-hydrogen) atoms. The lowest BCUT2D eigenvalue weighted by molar-refractivity contribution is -0.125. The van der Waals surface area contributed by atoms with Crippen molar-refractivity contribution in [1.82, 2.24) is 9.80 Å². The van der Waals surface area contributed by atoms with E-state index in [1.54, 1.807) is 13.1 Å². The average Bonchev–Trinajstić information content (AvgIpc) is 2.49. The third kappa shape index (κ3) is 2.12. The number of urea groups is 1. The van der Waals surface area contributed by atoms with Crippen molar-refractivity contribution in [2.75, 3.05) is 19.3 Å². The molecule has 0 aromatic heterocycles. The number of hydrogen-bond acceptors (Lipinski definition) is 3. The van der Waals surface area contributed by atoms with E-state index in [2.05, 4.69) is 15.9 Å². The van der Waals surface area contributed by atoms with Crippen LogP contribution in [0.25, 0.3) is 0 Å². The van der Waals surface area contributed by atoms with Gasteiger partial charge in [0.15, 0.2) is 0 Å². The Kier molecular flexibility index (Phi) is 3.06. The van der Waals surface area contributed by atoms with Gasteiger partial charge in [0.05, 0.1) is 6.54 Å². The van der Waals surface area contributed by atoms with Crippen molar-refractivity contribution in [3.8, 4) is 0 Å². The van der Waals surface area contributed by atoms with Crippen molar-refractivity contribution in [2.45, 2.75) is 6.54 Å². The van der Waals surface area contributed by atoms with Crippen LogP contribution in [-0.4, -0.2) is 35.3 Å². The van der Waals surface area contributed by atoms with Crippen molar-refractivity contribution in [3.05, 3.63) is 28.2 Å². The summed E-state index contributed by atoms with van der Waals surface area (Å²) >= 11 is 3.37. The second kappa shape index (κ2) is 4.37. The van der Waals surface area contributed by atoms with Crippen molar-refractivity contribution in [1.29, 1.82) is 0 Å². The summed E-state index contributed by atoms with van der Waals surface area (Å²) < 4.78 is 0.799. The van der Waals surface area contributed by atoms with Gasteiger partial charge in [-0.2, -0.15) is 0 Å². The zero-order chi connectivity index (χ0) is 12.6. The molecule has 1 aliphatic heterocycles. The quantitative estimate of drug-likeness (QED) is 0.663. The number of nitrogens with two attached hydrogens (primary N) is 1. The largest absolute Gasteiger partial charge is 0.398 e. The highest BCUT2D eigenvalue weighted by Crippen LogP contribution is 2.25. The molecular formula is C11H12BrN3O2. The van der Waals surface area contributed by atoms with Crippen LogP contribution >= 0.6 is 15.9 Å². The number of carbonyl (C=O) groups is 2. The molecule has 1 aliphatic rings. The van der Waals surface area contributed by atoms with Gasteiger partial charge in [0.25, 0.3) is 5.91 Å². The number of rotatable bonds is 2. The number of likely N-dealkylation sites (N-methyl/N-ethyl adjacent to an activating group) is 1. The monoisotopic (exact) mass is 297 g/mol. The zero-order valence-electron chi connectivity index (χ0n) is 9.31. The van der Waals surface area contributed by atoms with Crippen LogP contribution < -0.4 is 5.73 Å². The second-order valence-electron chi connectivity index (χ2n) is 3.93. The Morgan fingerprint density at radius 1 is 1.41 bits per heavy atom. The Labute approximate surface area is 107 Å². The number of nitrogens with zero attached hydrogens (tertiary/aromatic N) is 2. The minimum Gasteiger partial charge on any atom is -0.398 e. The molecule has 1 heterocycles. The van der Waals surface area contributed by atoms with Gasteiger partial charge >= 0.3 is 6.03 Å². The fourth-order valence-electron chi connectivity index (χ4n) is 1.72. The molecule has 1 aromatic carbocycles. The average molecular weight is 298 g/mol.